The maximum absolute atomic E-state index is 12.7. The molecule has 26 heavy (non-hydrogen) atoms. The van der Waals surface area contributed by atoms with Gasteiger partial charge >= 0.3 is 0 Å². The fourth-order valence-electron chi connectivity index (χ4n) is 3.23. The number of anilines is 2. The molecule has 1 aromatic rings. The predicted molar refractivity (Wildman–Crippen MR) is 105 cm³/mol. The van der Waals surface area contributed by atoms with Gasteiger partial charge in [0.25, 0.3) is 0 Å². The van der Waals surface area contributed by atoms with Crippen LogP contribution in [0.1, 0.15) is 45.1 Å². The summed E-state index contributed by atoms with van der Waals surface area (Å²) in [4.78, 5) is 28.9. The third kappa shape index (κ3) is 4.77. The maximum atomic E-state index is 12.7. The van der Waals surface area contributed by atoms with Crippen molar-refractivity contribution in [2.75, 3.05) is 30.9 Å². The minimum atomic E-state index is -0.00527. The molecular formula is C21H31N3O2. The molecule has 5 nitrogen and oxygen atoms in total. The molecule has 0 atom stereocenters. The van der Waals surface area contributed by atoms with Crippen molar-refractivity contribution >= 4 is 23.2 Å². The number of nitrogens with one attached hydrogen (secondary N) is 1. The lowest BCUT2D eigenvalue weighted by molar-refractivity contribution is -0.135. The molecular weight excluding hydrogens is 326 g/mol. The summed E-state index contributed by atoms with van der Waals surface area (Å²) < 4.78 is 0. The van der Waals surface area contributed by atoms with E-state index in [0.29, 0.717) is 12.5 Å². The van der Waals surface area contributed by atoms with Crippen molar-refractivity contribution < 1.29 is 9.59 Å². The molecule has 0 bridgehead atoms. The van der Waals surface area contributed by atoms with Gasteiger partial charge in [-0.3, -0.25) is 9.59 Å². The second-order valence-electron chi connectivity index (χ2n) is 8.32. The zero-order valence-electron chi connectivity index (χ0n) is 16.4. The fraction of sp³-hybridized carbons (Fsp3) is 0.619. The van der Waals surface area contributed by atoms with Gasteiger partial charge in [0.1, 0.15) is 0 Å². The molecule has 0 aromatic heterocycles. The van der Waals surface area contributed by atoms with Crippen LogP contribution in [0.15, 0.2) is 18.2 Å². The van der Waals surface area contributed by atoms with Gasteiger partial charge in [0.15, 0.2) is 0 Å². The van der Waals surface area contributed by atoms with Crippen LogP contribution < -0.4 is 10.2 Å². The van der Waals surface area contributed by atoms with Crippen LogP contribution in [-0.2, 0) is 16.1 Å². The lowest BCUT2D eigenvalue weighted by atomic mass is 10.1. The lowest BCUT2D eigenvalue weighted by Crippen LogP contribution is -2.35. The standard InChI is InChI=1S/C21H31N3O2/c1-14(2)21(26)24(12-15-5-6-15)13-17-11-18(9-10-19(17)23(3)4)22-20(25)16-7-8-16/h9-11,14-16H,5-8,12-13H2,1-4H3,(H,22,25). The van der Waals surface area contributed by atoms with Crippen molar-refractivity contribution in [2.45, 2.75) is 46.1 Å². The normalized spacial score (nSPS) is 16.5. The molecule has 0 aliphatic heterocycles. The highest BCUT2D eigenvalue weighted by Gasteiger charge is 2.30. The molecule has 0 unspecified atom stereocenters. The maximum Gasteiger partial charge on any atom is 0.227 e. The molecule has 0 radical (unpaired) electrons. The SMILES string of the molecule is CC(C)C(=O)N(Cc1cc(NC(=O)C2CC2)ccc1N(C)C)CC1CC1. The second-order valence-corrected chi connectivity index (χ2v) is 8.32. The Bertz CT molecular complexity index is 676. The third-order valence-electron chi connectivity index (χ3n) is 5.12. The van der Waals surface area contributed by atoms with Gasteiger partial charge in [-0.25, -0.2) is 0 Å². The van der Waals surface area contributed by atoms with Crippen molar-refractivity contribution in [3.63, 3.8) is 0 Å². The van der Waals surface area contributed by atoms with Gasteiger partial charge in [0.2, 0.25) is 11.8 Å². The molecule has 2 aliphatic rings. The average molecular weight is 357 g/mol. The third-order valence-corrected chi connectivity index (χ3v) is 5.12. The van der Waals surface area contributed by atoms with Gasteiger partial charge in [-0.2, -0.15) is 0 Å². The molecule has 0 heterocycles. The van der Waals surface area contributed by atoms with Crippen LogP contribution in [-0.4, -0.2) is 37.4 Å². The number of hydrogen-bond donors (Lipinski definition) is 1. The molecule has 142 valence electrons. The quantitative estimate of drug-likeness (QED) is 0.775. The first-order valence-corrected chi connectivity index (χ1v) is 9.75. The first-order chi connectivity index (χ1) is 12.3. The Morgan fingerprint density at radius 3 is 2.38 bits per heavy atom. The Morgan fingerprint density at radius 1 is 1.15 bits per heavy atom. The number of carbonyl (C=O) groups is 2. The van der Waals surface area contributed by atoms with Gasteiger partial charge in [0.05, 0.1) is 0 Å². The van der Waals surface area contributed by atoms with Gasteiger partial charge in [-0.1, -0.05) is 13.8 Å². The topological polar surface area (TPSA) is 52.7 Å². The molecule has 5 heteroatoms. The number of hydrogen-bond acceptors (Lipinski definition) is 3. The highest BCUT2D eigenvalue weighted by molar-refractivity contribution is 5.94. The molecule has 3 rings (SSSR count). The van der Waals surface area contributed by atoms with E-state index in [1.165, 1.54) is 12.8 Å². The summed E-state index contributed by atoms with van der Waals surface area (Å²) in [5, 5.41) is 3.03. The molecule has 1 aromatic carbocycles. The molecule has 0 saturated heterocycles. The zero-order chi connectivity index (χ0) is 18.8. The van der Waals surface area contributed by atoms with Gasteiger partial charge in [-0.15, -0.1) is 0 Å². The van der Waals surface area contributed by atoms with Crippen molar-refractivity contribution in [3.8, 4) is 0 Å². The van der Waals surface area contributed by atoms with Crippen LogP contribution in [0.4, 0.5) is 11.4 Å². The monoisotopic (exact) mass is 357 g/mol. The fourth-order valence-corrected chi connectivity index (χ4v) is 3.23. The predicted octanol–water partition coefficient (Wildman–Crippen LogP) is 3.50. The summed E-state index contributed by atoms with van der Waals surface area (Å²) in [5.74, 6) is 1.14. The molecule has 2 aliphatic carbocycles. The highest BCUT2D eigenvalue weighted by atomic mass is 16.2. The van der Waals surface area contributed by atoms with E-state index in [4.69, 9.17) is 0 Å². The van der Waals surface area contributed by atoms with Crippen molar-refractivity contribution in [1.29, 1.82) is 0 Å². The van der Waals surface area contributed by atoms with E-state index < -0.39 is 0 Å². The molecule has 2 fully saturated rings. The highest BCUT2D eigenvalue weighted by Crippen LogP contribution is 2.33. The van der Waals surface area contributed by atoms with Crippen LogP contribution in [0.2, 0.25) is 0 Å². The van der Waals surface area contributed by atoms with Crippen LogP contribution in [0.25, 0.3) is 0 Å². The Labute approximate surface area is 156 Å². The van der Waals surface area contributed by atoms with Gasteiger partial charge in [-0.05, 0) is 55.4 Å². The second kappa shape index (κ2) is 7.68. The van der Waals surface area contributed by atoms with Gasteiger partial charge in [0, 0.05) is 50.4 Å². The summed E-state index contributed by atoms with van der Waals surface area (Å²) in [6.45, 7) is 5.35. The first kappa shape index (κ1) is 18.7. The summed E-state index contributed by atoms with van der Waals surface area (Å²) in [5.41, 5.74) is 3.00. The molecule has 2 amide bonds. The number of nitrogens with zero attached hydrogens (tertiary/aromatic N) is 2. The Kier molecular flexibility index (Phi) is 5.54. The Morgan fingerprint density at radius 2 is 1.85 bits per heavy atom. The Balaban J connectivity index is 1.81. The van der Waals surface area contributed by atoms with E-state index in [1.54, 1.807) is 0 Å². The molecule has 2 saturated carbocycles. The van der Waals surface area contributed by atoms with E-state index in [2.05, 4.69) is 10.2 Å². The molecule has 1 N–H and O–H groups in total. The van der Waals surface area contributed by atoms with E-state index in [1.807, 2.05) is 51.0 Å². The number of carbonyl (C=O) groups excluding carboxylic acids is 2. The minimum Gasteiger partial charge on any atom is -0.377 e. The minimum absolute atomic E-state index is 0.00527. The van der Waals surface area contributed by atoms with E-state index in [0.717, 1.165) is 36.3 Å². The first-order valence-electron chi connectivity index (χ1n) is 9.75. The largest absolute Gasteiger partial charge is 0.377 e. The zero-order valence-corrected chi connectivity index (χ0v) is 16.4. The summed E-state index contributed by atoms with van der Waals surface area (Å²) in [7, 11) is 4.02. The number of amides is 2. The van der Waals surface area contributed by atoms with E-state index in [9.17, 15) is 9.59 Å². The van der Waals surface area contributed by atoms with Crippen molar-refractivity contribution in [2.24, 2.45) is 17.8 Å². The number of benzene rings is 1. The smallest absolute Gasteiger partial charge is 0.227 e. The summed E-state index contributed by atoms with van der Waals surface area (Å²) in [6.07, 6.45) is 4.43. The van der Waals surface area contributed by atoms with Gasteiger partial charge < -0.3 is 15.1 Å². The summed E-state index contributed by atoms with van der Waals surface area (Å²) >= 11 is 0. The average Bonchev–Trinajstić information content (AvgIpc) is 3.46. The Hall–Kier alpha value is -2.04. The number of rotatable bonds is 8. The molecule has 0 spiro atoms. The summed E-state index contributed by atoms with van der Waals surface area (Å²) in [6, 6.07) is 6.02. The van der Waals surface area contributed by atoms with E-state index >= 15 is 0 Å². The van der Waals surface area contributed by atoms with Crippen molar-refractivity contribution in [3.05, 3.63) is 23.8 Å². The van der Waals surface area contributed by atoms with Crippen molar-refractivity contribution in [1.82, 2.24) is 4.90 Å². The van der Waals surface area contributed by atoms with Crippen LogP contribution in [0.5, 0.6) is 0 Å². The van der Waals surface area contributed by atoms with Crippen LogP contribution >= 0.6 is 0 Å². The van der Waals surface area contributed by atoms with E-state index in [-0.39, 0.29) is 23.7 Å². The van der Waals surface area contributed by atoms with Crippen LogP contribution in [0.3, 0.4) is 0 Å². The lowest BCUT2D eigenvalue weighted by Gasteiger charge is -2.27. The van der Waals surface area contributed by atoms with Crippen LogP contribution in [0, 0.1) is 17.8 Å².